The van der Waals surface area contributed by atoms with Crippen molar-refractivity contribution < 1.29 is 23.1 Å². The number of alkyl carbamates (subject to hydrolysis) is 1. The van der Waals surface area contributed by atoms with Crippen LogP contribution in [0.4, 0.5) is 13.6 Å². The molecule has 188 valence electrons. The molecule has 7 nitrogen and oxygen atoms in total. The van der Waals surface area contributed by atoms with E-state index in [1.807, 2.05) is 24.3 Å². The van der Waals surface area contributed by atoms with Crippen LogP contribution in [0.2, 0.25) is 0 Å². The van der Waals surface area contributed by atoms with Gasteiger partial charge in [0.2, 0.25) is 5.91 Å². The maximum absolute atomic E-state index is 14.8. The van der Waals surface area contributed by atoms with Crippen molar-refractivity contribution in [2.75, 3.05) is 0 Å². The van der Waals surface area contributed by atoms with Crippen molar-refractivity contribution in [1.82, 2.24) is 15.2 Å². The number of carbonyl (C=O) groups excluding carboxylic acids is 2. The third-order valence-electron chi connectivity index (χ3n) is 5.87. The van der Waals surface area contributed by atoms with Crippen molar-refractivity contribution in [3.8, 4) is 0 Å². The van der Waals surface area contributed by atoms with Crippen LogP contribution in [0.25, 0.3) is 0 Å². The molecule has 1 aliphatic carbocycles. The van der Waals surface area contributed by atoms with Crippen molar-refractivity contribution in [3.05, 3.63) is 106 Å². The minimum atomic E-state index is -1.40. The van der Waals surface area contributed by atoms with Gasteiger partial charge >= 0.3 is 6.09 Å². The van der Waals surface area contributed by atoms with Crippen molar-refractivity contribution in [3.63, 3.8) is 0 Å². The standard InChI is InChI=1S/C27H27F2N3O4/c1-27(2,3)36-26(35)31-23-18-9-5-4-8-16(18)14-21(23)30-25(34)24(32-13-7-6-10-22(32)33)19-12-11-17(28)15-20(19)29/h4-13,15,21,23-24H,14H2,1-3H3,(H,30,34)(H,31,35)/t21-,23-,24?/m0/s1. The number of hydrogen-bond acceptors (Lipinski definition) is 4. The number of amides is 2. The molecular weight excluding hydrogens is 468 g/mol. The molecule has 3 atom stereocenters. The van der Waals surface area contributed by atoms with Gasteiger partial charge in [0.1, 0.15) is 23.3 Å². The Labute approximate surface area is 207 Å². The predicted octanol–water partition coefficient (Wildman–Crippen LogP) is 4.02. The fraction of sp³-hybridized carbons (Fsp3) is 0.296. The van der Waals surface area contributed by atoms with Crippen molar-refractivity contribution in [1.29, 1.82) is 0 Å². The molecule has 2 N–H and O–H groups in total. The molecular formula is C27H27F2N3O4. The summed E-state index contributed by atoms with van der Waals surface area (Å²) in [6, 6.07) is 11.9. The number of fused-ring (bicyclic) bond motifs is 1. The number of benzene rings is 2. The SMILES string of the molecule is CC(C)(C)OC(=O)N[C@H]1c2ccccc2C[C@@H]1NC(=O)C(c1ccc(F)cc1F)n1ccccc1=O. The molecule has 0 aliphatic heterocycles. The highest BCUT2D eigenvalue weighted by atomic mass is 19.1. The number of nitrogens with one attached hydrogen (secondary N) is 2. The van der Waals surface area contributed by atoms with Crippen molar-refractivity contribution in [2.24, 2.45) is 0 Å². The van der Waals surface area contributed by atoms with E-state index in [4.69, 9.17) is 4.74 Å². The number of hydrogen-bond donors (Lipinski definition) is 2. The van der Waals surface area contributed by atoms with Crippen LogP contribution in [0.15, 0.2) is 71.7 Å². The Bertz CT molecular complexity index is 1350. The van der Waals surface area contributed by atoms with Gasteiger partial charge in [-0.3, -0.25) is 14.2 Å². The quantitative estimate of drug-likeness (QED) is 0.560. The van der Waals surface area contributed by atoms with Gasteiger partial charge in [-0.2, -0.15) is 0 Å². The lowest BCUT2D eigenvalue weighted by atomic mass is 10.0. The zero-order chi connectivity index (χ0) is 26.0. The summed E-state index contributed by atoms with van der Waals surface area (Å²) < 4.78 is 34.9. The second-order valence-corrected chi connectivity index (χ2v) is 9.66. The molecule has 0 saturated carbocycles. The normalized spacial score (nSPS) is 17.7. The second kappa shape index (κ2) is 9.93. The largest absolute Gasteiger partial charge is 0.444 e. The first-order valence-corrected chi connectivity index (χ1v) is 11.5. The second-order valence-electron chi connectivity index (χ2n) is 9.66. The molecule has 36 heavy (non-hydrogen) atoms. The van der Waals surface area contributed by atoms with Crippen LogP contribution in [0.1, 0.15) is 49.5 Å². The minimum absolute atomic E-state index is 0.158. The summed E-state index contributed by atoms with van der Waals surface area (Å²) in [5.41, 5.74) is 0.329. The molecule has 0 radical (unpaired) electrons. The Kier molecular flexibility index (Phi) is 6.92. The van der Waals surface area contributed by atoms with E-state index in [2.05, 4.69) is 10.6 Å². The molecule has 9 heteroatoms. The summed E-state index contributed by atoms with van der Waals surface area (Å²) in [4.78, 5) is 38.8. The summed E-state index contributed by atoms with van der Waals surface area (Å²) in [5.74, 6) is -2.43. The fourth-order valence-electron chi connectivity index (χ4n) is 4.40. The molecule has 0 bridgehead atoms. The van der Waals surface area contributed by atoms with Crippen LogP contribution in [-0.4, -0.2) is 28.2 Å². The summed E-state index contributed by atoms with van der Waals surface area (Å²) in [6.45, 7) is 5.23. The predicted molar refractivity (Wildman–Crippen MR) is 129 cm³/mol. The summed E-state index contributed by atoms with van der Waals surface area (Å²) in [5, 5.41) is 5.71. The molecule has 2 aromatic carbocycles. The lowest BCUT2D eigenvalue weighted by molar-refractivity contribution is -0.124. The van der Waals surface area contributed by atoms with Gasteiger partial charge in [0, 0.05) is 23.9 Å². The van der Waals surface area contributed by atoms with Crippen molar-refractivity contribution in [2.45, 2.75) is 50.9 Å². The van der Waals surface area contributed by atoms with Crippen molar-refractivity contribution >= 4 is 12.0 Å². The third-order valence-corrected chi connectivity index (χ3v) is 5.87. The lowest BCUT2D eigenvalue weighted by Crippen LogP contribution is -2.48. The first kappa shape index (κ1) is 25.1. The van der Waals surface area contributed by atoms with E-state index in [1.54, 1.807) is 26.8 Å². The van der Waals surface area contributed by atoms with E-state index in [9.17, 15) is 23.2 Å². The van der Waals surface area contributed by atoms with Gasteiger partial charge < -0.3 is 15.4 Å². The fourth-order valence-corrected chi connectivity index (χ4v) is 4.40. The highest BCUT2D eigenvalue weighted by Crippen LogP contribution is 2.32. The summed E-state index contributed by atoms with van der Waals surface area (Å²) >= 11 is 0. The smallest absolute Gasteiger partial charge is 0.408 e. The average Bonchev–Trinajstić information content (AvgIpc) is 3.12. The van der Waals surface area contributed by atoms with Gasteiger partial charge in [-0.05, 0) is 50.5 Å². The number of ether oxygens (including phenoxy) is 1. The van der Waals surface area contributed by atoms with Crippen LogP contribution in [0, 0.1) is 11.6 Å². The van der Waals surface area contributed by atoms with Gasteiger partial charge in [-0.15, -0.1) is 0 Å². The Morgan fingerprint density at radius 3 is 2.44 bits per heavy atom. The summed E-state index contributed by atoms with van der Waals surface area (Å²) in [7, 11) is 0. The molecule has 0 fully saturated rings. The Balaban J connectivity index is 1.67. The Morgan fingerprint density at radius 2 is 1.75 bits per heavy atom. The highest BCUT2D eigenvalue weighted by Gasteiger charge is 2.37. The Morgan fingerprint density at radius 1 is 1.03 bits per heavy atom. The monoisotopic (exact) mass is 495 g/mol. The van der Waals surface area contributed by atoms with Crippen LogP contribution >= 0.6 is 0 Å². The molecule has 1 heterocycles. The topological polar surface area (TPSA) is 89.4 Å². The molecule has 1 aromatic heterocycles. The van der Waals surface area contributed by atoms with Gasteiger partial charge in [-0.25, -0.2) is 13.6 Å². The first-order valence-electron chi connectivity index (χ1n) is 11.5. The molecule has 2 amide bonds. The van der Waals surface area contributed by atoms with Crippen LogP contribution in [0.5, 0.6) is 0 Å². The van der Waals surface area contributed by atoms with Crippen LogP contribution in [-0.2, 0) is 16.0 Å². The van der Waals surface area contributed by atoms with E-state index in [0.29, 0.717) is 12.5 Å². The lowest BCUT2D eigenvalue weighted by Gasteiger charge is -2.28. The van der Waals surface area contributed by atoms with E-state index in [-0.39, 0.29) is 5.56 Å². The van der Waals surface area contributed by atoms with E-state index in [0.717, 1.165) is 27.8 Å². The van der Waals surface area contributed by atoms with Crippen LogP contribution < -0.4 is 16.2 Å². The molecule has 1 unspecified atom stereocenters. The average molecular weight is 496 g/mol. The number of pyridine rings is 1. The van der Waals surface area contributed by atoms with E-state index < -0.39 is 52.9 Å². The molecule has 1 aliphatic rings. The maximum atomic E-state index is 14.8. The molecule has 3 aromatic rings. The summed E-state index contributed by atoms with van der Waals surface area (Å²) in [6.07, 6.45) is 1.11. The highest BCUT2D eigenvalue weighted by molar-refractivity contribution is 5.84. The van der Waals surface area contributed by atoms with Crippen LogP contribution in [0.3, 0.4) is 0 Å². The number of carbonyl (C=O) groups is 2. The third kappa shape index (κ3) is 5.45. The number of rotatable bonds is 5. The number of nitrogens with zero attached hydrogens (tertiary/aromatic N) is 1. The van der Waals surface area contributed by atoms with E-state index in [1.165, 1.54) is 18.3 Å². The molecule has 4 rings (SSSR count). The van der Waals surface area contributed by atoms with Gasteiger partial charge in [0.15, 0.2) is 0 Å². The number of aromatic nitrogens is 1. The molecule has 0 spiro atoms. The first-order chi connectivity index (χ1) is 17.0. The molecule has 0 saturated heterocycles. The van der Waals surface area contributed by atoms with E-state index >= 15 is 0 Å². The maximum Gasteiger partial charge on any atom is 0.408 e. The minimum Gasteiger partial charge on any atom is -0.444 e. The van der Waals surface area contributed by atoms with Gasteiger partial charge in [0.25, 0.3) is 5.56 Å². The van der Waals surface area contributed by atoms with Gasteiger partial charge in [-0.1, -0.05) is 36.4 Å². The van der Waals surface area contributed by atoms with Gasteiger partial charge in [0.05, 0.1) is 12.1 Å². The zero-order valence-electron chi connectivity index (χ0n) is 20.1. The zero-order valence-corrected chi connectivity index (χ0v) is 20.1. The number of halogens is 2. The Hall–Kier alpha value is -4.01.